The van der Waals surface area contributed by atoms with Crippen molar-refractivity contribution >= 4 is 11.8 Å². The molecular weight excluding hydrogens is 349 g/mol. The SMILES string of the molecule is CC(C)(C)OC(=O)N1C[C@H]2CN(c3ccc(OC(F)(F)F)cc3)C[C@@H]2C1. The quantitative estimate of drug-likeness (QED) is 0.790. The van der Waals surface area contributed by atoms with E-state index in [1.807, 2.05) is 20.8 Å². The van der Waals surface area contributed by atoms with Crippen LogP contribution in [0.4, 0.5) is 23.7 Å². The summed E-state index contributed by atoms with van der Waals surface area (Å²) in [4.78, 5) is 16.1. The molecule has 2 heterocycles. The van der Waals surface area contributed by atoms with Crippen LogP contribution >= 0.6 is 0 Å². The molecule has 2 aliphatic rings. The summed E-state index contributed by atoms with van der Waals surface area (Å²) in [5, 5.41) is 0. The van der Waals surface area contributed by atoms with Crippen molar-refractivity contribution in [2.45, 2.75) is 32.7 Å². The Balaban J connectivity index is 1.56. The first kappa shape index (κ1) is 18.7. The minimum atomic E-state index is -4.68. The maximum Gasteiger partial charge on any atom is 0.573 e. The highest BCUT2D eigenvalue weighted by Gasteiger charge is 2.42. The fraction of sp³-hybridized carbons (Fsp3) is 0.611. The molecule has 2 aliphatic heterocycles. The van der Waals surface area contributed by atoms with E-state index < -0.39 is 12.0 Å². The highest BCUT2D eigenvalue weighted by molar-refractivity contribution is 5.68. The van der Waals surface area contributed by atoms with Gasteiger partial charge in [0.1, 0.15) is 11.4 Å². The fourth-order valence-corrected chi connectivity index (χ4v) is 3.54. The third-order valence-electron chi connectivity index (χ3n) is 4.57. The molecule has 8 heteroatoms. The second kappa shape index (κ2) is 6.55. The van der Waals surface area contributed by atoms with E-state index in [0.717, 1.165) is 18.8 Å². The Morgan fingerprint density at radius 1 is 1.00 bits per heavy atom. The van der Waals surface area contributed by atoms with Gasteiger partial charge in [0.05, 0.1) is 0 Å². The standard InChI is InChI=1S/C18H23F3N2O3/c1-17(2,3)26-16(24)23-10-12-8-22(9-13(12)11-23)14-4-6-15(7-5-14)25-18(19,20)21/h4-7,12-13H,8-11H2,1-3H3/t12-,13-/m1/s1. The number of nitrogens with zero attached hydrogens (tertiary/aromatic N) is 2. The molecule has 0 unspecified atom stereocenters. The molecule has 1 amide bonds. The summed E-state index contributed by atoms with van der Waals surface area (Å²) in [7, 11) is 0. The van der Waals surface area contributed by atoms with E-state index in [1.54, 1.807) is 17.0 Å². The molecule has 2 fully saturated rings. The lowest BCUT2D eigenvalue weighted by molar-refractivity contribution is -0.274. The predicted octanol–water partition coefficient (Wildman–Crippen LogP) is 3.89. The monoisotopic (exact) mass is 372 g/mol. The molecule has 1 aromatic rings. The molecule has 144 valence electrons. The summed E-state index contributed by atoms with van der Waals surface area (Å²) >= 11 is 0. The number of anilines is 1. The van der Waals surface area contributed by atoms with Gasteiger partial charge in [0, 0.05) is 43.7 Å². The average Bonchev–Trinajstić information content (AvgIpc) is 3.03. The number of alkyl halides is 3. The van der Waals surface area contributed by atoms with E-state index in [9.17, 15) is 18.0 Å². The van der Waals surface area contributed by atoms with Gasteiger partial charge in [0.15, 0.2) is 0 Å². The van der Waals surface area contributed by atoms with Gasteiger partial charge in [-0.1, -0.05) is 0 Å². The fourth-order valence-electron chi connectivity index (χ4n) is 3.54. The lowest BCUT2D eigenvalue weighted by atomic mass is 10.0. The van der Waals surface area contributed by atoms with Gasteiger partial charge in [-0.25, -0.2) is 4.79 Å². The van der Waals surface area contributed by atoms with Crippen LogP contribution in [0.1, 0.15) is 20.8 Å². The van der Waals surface area contributed by atoms with Gasteiger partial charge in [0.2, 0.25) is 0 Å². The molecule has 0 aliphatic carbocycles. The lowest BCUT2D eigenvalue weighted by Crippen LogP contribution is -2.37. The summed E-state index contributed by atoms with van der Waals surface area (Å²) in [6.45, 7) is 8.35. The number of rotatable bonds is 2. The van der Waals surface area contributed by atoms with Crippen LogP contribution in [0.15, 0.2) is 24.3 Å². The maximum atomic E-state index is 12.2. The van der Waals surface area contributed by atoms with Crippen LogP contribution in [0, 0.1) is 11.8 Å². The number of fused-ring (bicyclic) bond motifs is 1. The van der Waals surface area contributed by atoms with E-state index in [4.69, 9.17) is 4.74 Å². The molecule has 0 N–H and O–H groups in total. The van der Waals surface area contributed by atoms with Crippen LogP contribution in [0.3, 0.4) is 0 Å². The second-order valence-corrected chi connectivity index (χ2v) is 7.85. The number of benzene rings is 1. The summed E-state index contributed by atoms with van der Waals surface area (Å²) < 4.78 is 46.0. The molecule has 5 nitrogen and oxygen atoms in total. The van der Waals surface area contributed by atoms with Crippen molar-refractivity contribution < 1.29 is 27.4 Å². The Morgan fingerprint density at radius 2 is 1.54 bits per heavy atom. The van der Waals surface area contributed by atoms with Gasteiger partial charge < -0.3 is 19.3 Å². The molecule has 0 bridgehead atoms. The first-order valence-corrected chi connectivity index (χ1v) is 8.59. The van der Waals surface area contributed by atoms with Gasteiger partial charge in [-0.05, 0) is 45.0 Å². The number of carbonyl (C=O) groups is 1. The zero-order valence-electron chi connectivity index (χ0n) is 15.0. The van der Waals surface area contributed by atoms with Crippen LogP contribution in [0.25, 0.3) is 0 Å². The number of likely N-dealkylation sites (tertiary alicyclic amines) is 1. The molecule has 0 saturated carbocycles. The van der Waals surface area contributed by atoms with Crippen LogP contribution in [0.2, 0.25) is 0 Å². The van der Waals surface area contributed by atoms with Crippen molar-refractivity contribution in [2.75, 3.05) is 31.1 Å². The predicted molar refractivity (Wildman–Crippen MR) is 90.1 cm³/mol. The highest BCUT2D eigenvalue weighted by Crippen LogP contribution is 2.35. The van der Waals surface area contributed by atoms with Gasteiger partial charge in [-0.3, -0.25) is 0 Å². The van der Waals surface area contributed by atoms with Crippen molar-refractivity contribution in [3.05, 3.63) is 24.3 Å². The summed E-state index contributed by atoms with van der Waals surface area (Å²) in [5.74, 6) is 0.457. The van der Waals surface area contributed by atoms with Crippen LogP contribution in [-0.4, -0.2) is 49.1 Å². The number of halogens is 3. The van der Waals surface area contributed by atoms with Crippen molar-refractivity contribution in [1.82, 2.24) is 4.90 Å². The normalized spacial score (nSPS) is 23.2. The second-order valence-electron chi connectivity index (χ2n) is 7.85. The minimum absolute atomic E-state index is 0.225. The van der Waals surface area contributed by atoms with Crippen molar-refractivity contribution in [3.8, 4) is 5.75 Å². The van der Waals surface area contributed by atoms with Crippen LogP contribution < -0.4 is 9.64 Å². The Kier molecular flexibility index (Phi) is 4.71. The van der Waals surface area contributed by atoms with Crippen molar-refractivity contribution in [2.24, 2.45) is 11.8 Å². The van der Waals surface area contributed by atoms with Crippen molar-refractivity contribution in [3.63, 3.8) is 0 Å². The van der Waals surface area contributed by atoms with Gasteiger partial charge >= 0.3 is 12.5 Å². The largest absolute Gasteiger partial charge is 0.573 e. The van der Waals surface area contributed by atoms with E-state index in [2.05, 4.69) is 9.64 Å². The zero-order chi connectivity index (χ0) is 19.1. The van der Waals surface area contributed by atoms with E-state index in [1.165, 1.54) is 12.1 Å². The third kappa shape index (κ3) is 4.53. The van der Waals surface area contributed by atoms with Crippen LogP contribution in [0.5, 0.6) is 5.75 Å². The molecular formula is C18H23F3N2O3. The molecule has 1 aromatic carbocycles. The molecule has 0 aromatic heterocycles. The average molecular weight is 372 g/mol. The topological polar surface area (TPSA) is 42.0 Å². The third-order valence-corrected chi connectivity index (χ3v) is 4.57. The molecule has 2 saturated heterocycles. The summed E-state index contributed by atoms with van der Waals surface area (Å²) in [6.07, 6.45) is -4.97. The molecule has 26 heavy (non-hydrogen) atoms. The van der Waals surface area contributed by atoms with Gasteiger partial charge in [-0.15, -0.1) is 13.2 Å². The first-order chi connectivity index (χ1) is 12.0. The molecule has 2 atom stereocenters. The Labute approximate surface area is 150 Å². The van der Waals surface area contributed by atoms with E-state index in [-0.39, 0.29) is 11.8 Å². The first-order valence-electron chi connectivity index (χ1n) is 8.59. The summed E-state index contributed by atoms with van der Waals surface area (Å²) in [6, 6.07) is 5.91. The highest BCUT2D eigenvalue weighted by atomic mass is 19.4. The minimum Gasteiger partial charge on any atom is -0.444 e. The number of amides is 1. The molecule has 3 rings (SSSR count). The maximum absolute atomic E-state index is 12.2. The van der Waals surface area contributed by atoms with E-state index in [0.29, 0.717) is 24.9 Å². The van der Waals surface area contributed by atoms with Crippen molar-refractivity contribution in [1.29, 1.82) is 0 Å². The molecule has 0 radical (unpaired) electrons. The number of hydrogen-bond donors (Lipinski definition) is 0. The number of carbonyl (C=O) groups excluding carboxylic acids is 1. The smallest absolute Gasteiger partial charge is 0.444 e. The zero-order valence-corrected chi connectivity index (χ0v) is 15.0. The lowest BCUT2D eigenvalue weighted by Gasteiger charge is -2.26. The van der Waals surface area contributed by atoms with Crippen LogP contribution in [-0.2, 0) is 4.74 Å². The Hall–Kier alpha value is -2.12. The number of hydrogen-bond acceptors (Lipinski definition) is 4. The van der Waals surface area contributed by atoms with Gasteiger partial charge in [-0.2, -0.15) is 0 Å². The Morgan fingerprint density at radius 3 is 2.00 bits per heavy atom. The van der Waals surface area contributed by atoms with Gasteiger partial charge in [0.25, 0.3) is 0 Å². The number of ether oxygens (including phenoxy) is 2. The summed E-state index contributed by atoms with van der Waals surface area (Å²) in [5.41, 5.74) is 0.346. The Bertz CT molecular complexity index is 641. The van der Waals surface area contributed by atoms with E-state index >= 15 is 0 Å². The molecule has 0 spiro atoms.